The van der Waals surface area contributed by atoms with Gasteiger partial charge in [0, 0.05) is 10.9 Å². The molecule has 3 N–H and O–H groups in total. The summed E-state index contributed by atoms with van der Waals surface area (Å²) in [5.41, 5.74) is 6.59. The zero-order chi connectivity index (χ0) is 15.0. The fourth-order valence-electron chi connectivity index (χ4n) is 2.62. The van der Waals surface area contributed by atoms with Gasteiger partial charge in [-0.2, -0.15) is 0 Å². The second-order valence-corrected chi connectivity index (χ2v) is 7.73. The number of aryl methyl sites for hydroxylation is 1. The van der Waals surface area contributed by atoms with E-state index in [2.05, 4.69) is 4.72 Å². The van der Waals surface area contributed by atoms with E-state index in [0.717, 1.165) is 37.0 Å². The molecule has 7 heteroatoms. The zero-order valence-electron chi connectivity index (χ0n) is 11.2. The van der Waals surface area contributed by atoms with Gasteiger partial charge >= 0.3 is 0 Å². The van der Waals surface area contributed by atoms with E-state index < -0.39 is 15.8 Å². The number of halogens is 1. The smallest absolute Gasteiger partial charge is 0.243 e. The van der Waals surface area contributed by atoms with Crippen molar-refractivity contribution < 1.29 is 12.8 Å². The molecule has 0 saturated heterocycles. The molecule has 1 unspecified atom stereocenters. The molecular weight excluding hydrogens is 311 g/mol. The maximum absolute atomic E-state index is 13.1. The third kappa shape index (κ3) is 2.81. The highest BCUT2D eigenvalue weighted by molar-refractivity contribution is 7.89. The number of hydrogen-bond acceptors (Lipinski definition) is 4. The minimum Gasteiger partial charge on any atom is -0.398 e. The molecule has 4 nitrogen and oxygen atoms in total. The third-order valence-corrected chi connectivity index (χ3v) is 6.15. The largest absolute Gasteiger partial charge is 0.398 e. The average Bonchev–Trinajstić information content (AvgIpc) is 2.87. The molecule has 1 aromatic heterocycles. The molecule has 3 rings (SSSR count). The van der Waals surface area contributed by atoms with Gasteiger partial charge in [0.25, 0.3) is 0 Å². The van der Waals surface area contributed by atoms with Crippen molar-refractivity contribution in [1.29, 1.82) is 0 Å². The van der Waals surface area contributed by atoms with Gasteiger partial charge in [0.05, 0.1) is 5.69 Å². The van der Waals surface area contributed by atoms with E-state index in [0.29, 0.717) is 0 Å². The van der Waals surface area contributed by atoms with Crippen LogP contribution in [0.4, 0.5) is 10.1 Å². The second kappa shape index (κ2) is 5.40. The topological polar surface area (TPSA) is 72.2 Å². The number of thiophene rings is 1. The summed E-state index contributed by atoms with van der Waals surface area (Å²) in [5, 5.41) is 1.98. The van der Waals surface area contributed by atoms with Crippen molar-refractivity contribution in [2.24, 2.45) is 0 Å². The molecule has 0 saturated carbocycles. The Hall–Kier alpha value is -1.44. The molecule has 1 atom stereocenters. The lowest BCUT2D eigenvalue weighted by atomic mass is 9.95. The van der Waals surface area contributed by atoms with Crippen molar-refractivity contribution in [1.82, 2.24) is 4.72 Å². The third-order valence-electron chi connectivity index (χ3n) is 3.61. The molecule has 0 aliphatic heterocycles. The van der Waals surface area contributed by atoms with Crippen LogP contribution in [0.5, 0.6) is 0 Å². The predicted molar refractivity (Wildman–Crippen MR) is 81.1 cm³/mol. The fourth-order valence-corrected chi connectivity index (χ4v) is 4.97. The minimum absolute atomic E-state index is 0.0775. The summed E-state index contributed by atoms with van der Waals surface area (Å²) in [6, 6.07) is 5.03. The van der Waals surface area contributed by atoms with Crippen LogP contribution in [0, 0.1) is 5.82 Å². The molecule has 21 heavy (non-hydrogen) atoms. The Bertz CT molecular complexity index is 771. The van der Waals surface area contributed by atoms with Crippen molar-refractivity contribution in [3.8, 4) is 0 Å². The molecule has 0 fully saturated rings. The van der Waals surface area contributed by atoms with Crippen LogP contribution < -0.4 is 10.5 Å². The van der Waals surface area contributed by atoms with E-state index in [1.54, 1.807) is 11.3 Å². The molecule has 0 spiro atoms. The Balaban J connectivity index is 1.91. The maximum Gasteiger partial charge on any atom is 0.243 e. The van der Waals surface area contributed by atoms with Gasteiger partial charge in [-0.25, -0.2) is 17.5 Å². The normalized spacial score (nSPS) is 18.4. The van der Waals surface area contributed by atoms with E-state index >= 15 is 0 Å². The minimum atomic E-state index is -3.76. The molecule has 112 valence electrons. The van der Waals surface area contributed by atoms with Crippen LogP contribution >= 0.6 is 11.3 Å². The number of nitrogens with one attached hydrogen (secondary N) is 1. The molecule has 1 aliphatic carbocycles. The highest BCUT2D eigenvalue weighted by atomic mass is 32.2. The Morgan fingerprint density at radius 2 is 2.14 bits per heavy atom. The monoisotopic (exact) mass is 326 g/mol. The SMILES string of the molecule is Nc1cc(F)ccc1S(=O)(=O)NC1CCCc2sccc21. The van der Waals surface area contributed by atoms with Crippen molar-refractivity contribution in [2.75, 3.05) is 5.73 Å². The Labute approximate surface area is 126 Å². The van der Waals surface area contributed by atoms with Gasteiger partial charge in [-0.15, -0.1) is 11.3 Å². The number of sulfonamides is 1. The number of hydrogen-bond donors (Lipinski definition) is 2. The molecule has 1 aliphatic rings. The number of rotatable bonds is 3. The number of benzene rings is 1. The van der Waals surface area contributed by atoms with Gasteiger partial charge in [-0.3, -0.25) is 0 Å². The summed E-state index contributed by atoms with van der Waals surface area (Å²) in [6.45, 7) is 0. The van der Waals surface area contributed by atoms with Crippen LogP contribution in [0.3, 0.4) is 0 Å². The molecular formula is C14H15FN2O2S2. The van der Waals surface area contributed by atoms with Gasteiger partial charge in [-0.1, -0.05) is 0 Å². The van der Waals surface area contributed by atoms with Gasteiger partial charge in [0.2, 0.25) is 10.0 Å². The summed E-state index contributed by atoms with van der Waals surface area (Å²) in [6.07, 6.45) is 2.69. The van der Waals surface area contributed by atoms with Crippen molar-refractivity contribution in [3.63, 3.8) is 0 Å². The quantitative estimate of drug-likeness (QED) is 0.852. The summed E-state index contributed by atoms with van der Waals surface area (Å²) in [5.74, 6) is -0.552. The lowest BCUT2D eigenvalue weighted by molar-refractivity contribution is 0.511. The molecule has 2 aromatic rings. The Morgan fingerprint density at radius 3 is 2.90 bits per heavy atom. The van der Waals surface area contributed by atoms with E-state index in [1.165, 1.54) is 10.9 Å². The average molecular weight is 326 g/mol. The van der Waals surface area contributed by atoms with E-state index in [1.807, 2.05) is 11.4 Å². The lowest BCUT2D eigenvalue weighted by Gasteiger charge is -2.23. The number of nitrogens with two attached hydrogens (primary N) is 1. The molecule has 1 aromatic carbocycles. The first-order chi connectivity index (χ1) is 9.97. The van der Waals surface area contributed by atoms with Crippen molar-refractivity contribution in [2.45, 2.75) is 30.2 Å². The number of fused-ring (bicyclic) bond motifs is 1. The van der Waals surface area contributed by atoms with E-state index in [-0.39, 0.29) is 16.6 Å². The van der Waals surface area contributed by atoms with Crippen molar-refractivity contribution in [3.05, 3.63) is 45.9 Å². The highest BCUT2D eigenvalue weighted by Gasteiger charge is 2.27. The zero-order valence-corrected chi connectivity index (χ0v) is 12.8. The number of anilines is 1. The Morgan fingerprint density at radius 1 is 1.33 bits per heavy atom. The fraction of sp³-hybridized carbons (Fsp3) is 0.286. The summed E-state index contributed by atoms with van der Waals surface area (Å²) in [4.78, 5) is 1.15. The molecule has 0 radical (unpaired) electrons. The number of nitrogen functional groups attached to an aromatic ring is 1. The first-order valence-corrected chi connectivity index (χ1v) is 8.97. The summed E-state index contributed by atoms with van der Waals surface area (Å²) < 4.78 is 40.7. The predicted octanol–water partition coefficient (Wildman–Crippen LogP) is 2.83. The molecule has 1 heterocycles. The first kappa shape index (κ1) is 14.5. The highest BCUT2D eigenvalue weighted by Crippen LogP contribution is 2.34. The Kier molecular flexibility index (Phi) is 3.73. The lowest BCUT2D eigenvalue weighted by Crippen LogP contribution is -2.31. The molecule has 0 amide bonds. The van der Waals surface area contributed by atoms with Crippen LogP contribution in [0.1, 0.15) is 29.3 Å². The summed E-state index contributed by atoms with van der Waals surface area (Å²) in [7, 11) is -3.76. The van der Waals surface area contributed by atoms with E-state index in [9.17, 15) is 12.8 Å². The van der Waals surface area contributed by atoms with Gasteiger partial charge < -0.3 is 5.73 Å². The van der Waals surface area contributed by atoms with Crippen molar-refractivity contribution >= 4 is 27.0 Å². The van der Waals surface area contributed by atoms with Gasteiger partial charge in [0.1, 0.15) is 10.7 Å². The van der Waals surface area contributed by atoms with Crippen LogP contribution in [0.15, 0.2) is 34.5 Å². The standard InChI is InChI=1S/C14H15FN2O2S2/c15-9-4-5-14(11(16)8-9)21(18,19)17-12-2-1-3-13-10(12)6-7-20-13/h4-8,12,17H,1-3,16H2. The van der Waals surface area contributed by atoms with Crippen LogP contribution in [0.25, 0.3) is 0 Å². The van der Waals surface area contributed by atoms with Gasteiger partial charge in [0.15, 0.2) is 0 Å². The van der Waals surface area contributed by atoms with Crippen LogP contribution in [0.2, 0.25) is 0 Å². The van der Waals surface area contributed by atoms with Crippen LogP contribution in [-0.2, 0) is 16.4 Å². The second-order valence-electron chi connectivity index (χ2n) is 5.05. The first-order valence-electron chi connectivity index (χ1n) is 6.61. The van der Waals surface area contributed by atoms with Crippen LogP contribution in [-0.4, -0.2) is 8.42 Å². The molecule has 0 bridgehead atoms. The summed E-state index contributed by atoms with van der Waals surface area (Å²) >= 11 is 1.65. The van der Waals surface area contributed by atoms with E-state index in [4.69, 9.17) is 5.73 Å². The van der Waals surface area contributed by atoms with Gasteiger partial charge in [-0.05, 0) is 54.5 Å². The maximum atomic E-state index is 13.1.